The van der Waals surface area contributed by atoms with Crippen LogP contribution in [0.3, 0.4) is 0 Å². The second kappa shape index (κ2) is 10.8. The first-order valence-electron chi connectivity index (χ1n) is 9.34. The molecule has 5 nitrogen and oxygen atoms in total. The lowest BCUT2D eigenvalue weighted by Crippen LogP contribution is -2.41. The molecular weight excluding hydrogens is 402 g/mol. The molecule has 0 aliphatic heterocycles. The average molecular weight is 427 g/mol. The minimum Gasteiger partial charge on any atom is -0.370 e. The number of hydrogen-bond donors (Lipinski definition) is 2. The van der Waals surface area contributed by atoms with Crippen LogP contribution in [0.15, 0.2) is 54.6 Å². The van der Waals surface area contributed by atoms with Gasteiger partial charge in [0.1, 0.15) is 6.61 Å². The van der Waals surface area contributed by atoms with Gasteiger partial charge in [-0.05, 0) is 36.8 Å². The Morgan fingerprint density at radius 2 is 1.83 bits per heavy atom. The summed E-state index contributed by atoms with van der Waals surface area (Å²) in [6.07, 6.45) is -3.78. The third-order valence-corrected chi connectivity index (χ3v) is 4.45. The van der Waals surface area contributed by atoms with Crippen LogP contribution in [-0.4, -0.2) is 44.6 Å². The predicted octanol–water partition coefficient (Wildman–Crippen LogP) is 4.75. The Morgan fingerprint density at radius 1 is 1.13 bits per heavy atom. The highest BCUT2D eigenvalue weighted by Crippen LogP contribution is 2.23. The van der Waals surface area contributed by atoms with Gasteiger partial charge in [-0.15, -0.1) is 0 Å². The normalized spacial score (nSPS) is 12.5. The van der Waals surface area contributed by atoms with Crippen molar-refractivity contribution in [2.24, 2.45) is 0 Å². The zero-order valence-electron chi connectivity index (χ0n) is 16.7. The van der Waals surface area contributed by atoms with Crippen molar-refractivity contribution < 1.29 is 27.1 Å². The van der Waals surface area contributed by atoms with Gasteiger partial charge in [0, 0.05) is 31.0 Å². The third kappa shape index (κ3) is 7.22. The van der Waals surface area contributed by atoms with Gasteiger partial charge in [-0.3, -0.25) is 0 Å². The van der Waals surface area contributed by atoms with Gasteiger partial charge in [0.2, 0.25) is 0 Å². The van der Waals surface area contributed by atoms with Crippen LogP contribution in [0.1, 0.15) is 12.5 Å². The topological polar surface area (TPSA) is 53.6 Å². The standard InChI is InChI=1S/C21H25F4N3O2/c1-15(28(2)18-9-4-3-5-10-18)12-26-20(29)27-17-8-6-7-16(11-17)13-30-14-21(24,25)19(22)23/h3-11,15,19H,12-14H2,1-2H3,(H2,26,27,29). The number of anilines is 2. The summed E-state index contributed by atoms with van der Waals surface area (Å²) in [6.45, 7) is 0.705. The molecule has 0 saturated carbocycles. The molecule has 1 unspecified atom stereocenters. The first-order valence-corrected chi connectivity index (χ1v) is 9.34. The number of rotatable bonds is 10. The highest BCUT2D eigenvalue weighted by atomic mass is 19.3. The van der Waals surface area contributed by atoms with E-state index in [9.17, 15) is 22.4 Å². The van der Waals surface area contributed by atoms with Crippen molar-refractivity contribution in [2.45, 2.75) is 31.9 Å². The lowest BCUT2D eigenvalue weighted by atomic mass is 10.2. The number of likely N-dealkylation sites (N-methyl/N-ethyl adjacent to an activating group) is 1. The Hall–Kier alpha value is -2.81. The molecule has 0 fully saturated rings. The fraction of sp³-hybridized carbons (Fsp3) is 0.381. The number of nitrogens with one attached hydrogen (secondary N) is 2. The van der Waals surface area contributed by atoms with Gasteiger partial charge in [-0.1, -0.05) is 30.3 Å². The Morgan fingerprint density at radius 3 is 2.50 bits per heavy atom. The first kappa shape index (κ1) is 23.5. The van der Waals surface area contributed by atoms with Crippen molar-refractivity contribution in [1.82, 2.24) is 5.32 Å². The largest absolute Gasteiger partial charge is 0.370 e. The lowest BCUT2D eigenvalue weighted by Gasteiger charge is -2.27. The van der Waals surface area contributed by atoms with Crippen LogP contribution in [0, 0.1) is 0 Å². The van der Waals surface area contributed by atoms with E-state index in [1.165, 1.54) is 6.07 Å². The molecule has 0 saturated heterocycles. The maximum atomic E-state index is 12.9. The maximum absolute atomic E-state index is 12.9. The van der Waals surface area contributed by atoms with Crippen molar-refractivity contribution in [3.8, 4) is 0 Å². The number of ether oxygens (including phenoxy) is 1. The fourth-order valence-corrected chi connectivity index (χ4v) is 2.58. The molecule has 30 heavy (non-hydrogen) atoms. The molecule has 2 rings (SSSR count). The summed E-state index contributed by atoms with van der Waals surface area (Å²) >= 11 is 0. The number of hydrogen-bond acceptors (Lipinski definition) is 3. The van der Waals surface area contributed by atoms with E-state index < -0.39 is 25.0 Å². The van der Waals surface area contributed by atoms with Gasteiger partial charge in [-0.2, -0.15) is 8.78 Å². The number of amides is 2. The second-order valence-electron chi connectivity index (χ2n) is 6.89. The molecule has 0 aliphatic carbocycles. The van der Waals surface area contributed by atoms with Crippen LogP contribution in [0.5, 0.6) is 0 Å². The van der Waals surface area contributed by atoms with Crippen LogP contribution < -0.4 is 15.5 Å². The Bertz CT molecular complexity index is 806. The van der Waals surface area contributed by atoms with Crippen molar-refractivity contribution in [3.63, 3.8) is 0 Å². The van der Waals surface area contributed by atoms with Gasteiger partial charge < -0.3 is 20.3 Å². The molecule has 2 aromatic rings. The van der Waals surface area contributed by atoms with Crippen LogP contribution in [0.4, 0.5) is 33.7 Å². The number of benzene rings is 2. The minimum absolute atomic E-state index is 0.0365. The van der Waals surface area contributed by atoms with E-state index in [1.54, 1.807) is 18.2 Å². The second-order valence-corrected chi connectivity index (χ2v) is 6.89. The molecule has 0 spiro atoms. The van der Waals surface area contributed by atoms with Gasteiger partial charge in [0.05, 0.1) is 6.61 Å². The zero-order chi connectivity index (χ0) is 22.1. The summed E-state index contributed by atoms with van der Waals surface area (Å²) in [5, 5.41) is 5.42. The average Bonchev–Trinajstić information content (AvgIpc) is 2.72. The SMILES string of the molecule is CC(CNC(=O)Nc1cccc(COCC(F)(F)C(F)F)c1)N(C)c1ccccc1. The van der Waals surface area contributed by atoms with Crippen LogP contribution in [0.25, 0.3) is 0 Å². The fourth-order valence-electron chi connectivity index (χ4n) is 2.58. The zero-order valence-corrected chi connectivity index (χ0v) is 16.7. The predicted molar refractivity (Wildman–Crippen MR) is 108 cm³/mol. The number of urea groups is 1. The van der Waals surface area contributed by atoms with E-state index in [2.05, 4.69) is 15.4 Å². The molecule has 0 aliphatic rings. The van der Waals surface area contributed by atoms with Gasteiger partial charge in [-0.25, -0.2) is 13.6 Å². The molecule has 164 valence electrons. The van der Waals surface area contributed by atoms with E-state index in [4.69, 9.17) is 0 Å². The highest BCUT2D eigenvalue weighted by molar-refractivity contribution is 5.89. The number of carbonyl (C=O) groups is 1. The molecule has 1 atom stereocenters. The van der Waals surface area contributed by atoms with E-state index in [0.29, 0.717) is 17.8 Å². The summed E-state index contributed by atoms with van der Waals surface area (Å²) in [6, 6.07) is 15.7. The van der Waals surface area contributed by atoms with Crippen LogP contribution in [-0.2, 0) is 11.3 Å². The maximum Gasteiger partial charge on any atom is 0.330 e. The molecule has 9 heteroatoms. The Labute approximate surface area is 173 Å². The molecule has 0 bridgehead atoms. The van der Waals surface area contributed by atoms with Gasteiger partial charge >= 0.3 is 18.4 Å². The first-order chi connectivity index (χ1) is 14.2. The van der Waals surface area contributed by atoms with Gasteiger partial charge in [0.15, 0.2) is 0 Å². The highest BCUT2D eigenvalue weighted by Gasteiger charge is 2.40. The van der Waals surface area contributed by atoms with Crippen molar-refractivity contribution in [1.29, 1.82) is 0 Å². The van der Waals surface area contributed by atoms with Gasteiger partial charge in [0.25, 0.3) is 0 Å². The number of alkyl halides is 4. The monoisotopic (exact) mass is 427 g/mol. The van der Waals surface area contributed by atoms with E-state index >= 15 is 0 Å². The molecule has 0 aromatic heterocycles. The summed E-state index contributed by atoms with van der Waals surface area (Å²) < 4.78 is 54.7. The van der Waals surface area contributed by atoms with Crippen molar-refractivity contribution >= 4 is 17.4 Å². The third-order valence-electron chi connectivity index (χ3n) is 4.45. The smallest absolute Gasteiger partial charge is 0.330 e. The number of para-hydroxylation sites is 1. The summed E-state index contributed by atoms with van der Waals surface area (Å²) in [7, 11) is 1.93. The van der Waals surface area contributed by atoms with Crippen molar-refractivity contribution in [2.75, 3.05) is 30.4 Å². The molecule has 0 heterocycles. The molecule has 2 N–H and O–H groups in total. The quantitative estimate of drug-likeness (QED) is 0.538. The van der Waals surface area contributed by atoms with E-state index in [-0.39, 0.29) is 12.6 Å². The number of carbonyl (C=O) groups excluding carboxylic acids is 1. The van der Waals surface area contributed by atoms with E-state index in [0.717, 1.165) is 5.69 Å². The summed E-state index contributed by atoms with van der Waals surface area (Å²) in [5.41, 5.74) is 1.92. The van der Waals surface area contributed by atoms with Crippen LogP contribution in [0.2, 0.25) is 0 Å². The van der Waals surface area contributed by atoms with E-state index in [1.807, 2.05) is 49.2 Å². The summed E-state index contributed by atoms with van der Waals surface area (Å²) in [5.74, 6) is -4.20. The number of nitrogens with zero attached hydrogens (tertiary/aromatic N) is 1. The molecule has 2 aromatic carbocycles. The number of halogens is 4. The molecular formula is C21H25F4N3O2. The lowest BCUT2D eigenvalue weighted by molar-refractivity contribution is -0.168. The summed E-state index contributed by atoms with van der Waals surface area (Å²) in [4.78, 5) is 14.2. The molecule has 2 amide bonds. The van der Waals surface area contributed by atoms with Crippen LogP contribution >= 0.6 is 0 Å². The molecule has 0 radical (unpaired) electrons. The van der Waals surface area contributed by atoms with Crippen molar-refractivity contribution in [3.05, 3.63) is 60.2 Å². The minimum atomic E-state index is -4.20. The Kier molecular flexibility index (Phi) is 8.46. The Balaban J connectivity index is 1.80.